The lowest BCUT2D eigenvalue weighted by molar-refractivity contribution is -0.242. The number of anilines is 1. The smallest absolute Gasteiger partial charge is 0.373 e. The van der Waals surface area contributed by atoms with Gasteiger partial charge in [-0.25, -0.2) is 13.1 Å². The molecule has 3 N–H and O–H groups in total. The molecule has 0 saturated heterocycles. The van der Waals surface area contributed by atoms with E-state index in [1.54, 1.807) is 37.3 Å². The van der Waals surface area contributed by atoms with Gasteiger partial charge in [-0.3, -0.25) is 4.79 Å². The number of nitrogens with one attached hydrogen (secondary N) is 2. The Balaban J connectivity index is 2.21. The van der Waals surface area contributed by atoms with Crippen LogP contribution in [0.25, 0.3) is 0 Å². The van der Waals surface area contributed by atoms with Crippen LogP contribution in [0.1, 0.15) is 25.5 Å². The monoisotopic (exact) mass is 450 g/mol. The van der Waals surface area contributed by atoms with Gasteiger partial charge in [-0.2, -0.15) is 13.2 Å². The topological polar surface area (TPSA) is 95.5 Å². The number of hydrogen-bond donors (Lipinski definition) is 3. The van der Waals surface area contributed by atoms with Gasteiger partial charge in [0.15, 0.2) is 0 Å². The molecule has 2 aromatic rings. The first kappa shape index (κ1) is 23.1. The Morgan fingerprint density at radius 1 is 1.14 bits per heavy atom. The highest BCUT2D eigenvalue weighted by molar-refractivity contribution is 7.89. The average Bonchev–Trinajstić information content (AvgIpc) is 2.62. The third-order valence-corrected chi connectivity index (χ3v) is 5.98. The van der Waals surface area contributed by atoms with Crippen molar-refractivity contribution in [1.82, 2.24) is 4.72 Å². The fraction of sp³-hybridized carbons (Fsp3) is 0.278. The number of carbonyl (C=O) groups excluding carboxylic acids is 1. The number of rotatable bonds is 6. The summed E-state index contributed by atoms with van der Waals surface area (Å²) < 4.78 is 65.8. The highest BCUT2D eigenvalue weighted by Gasteiger charge is 2.55. The molecule has 0 bridgehead atoms. The van der Waals surface area contributed by atoms with E-state index in [1.165, 1.54) is 0 Å². The third kappa shape index (κ3) is 5.27. The number of benzene rings is 2. The van der Waals surface area contributed by atoms with E-state index in [4.69, 9.17) is 11.6 Å². The van der Waals surface area contributed by atoms with Crippen LogP contribution in [0.5, 0.6) is 0 Å². The summed E-state index contributed by atoms with van der Waals surface area (Å²) in [6.07, 6.45) is -5.20. The van der Waals surface area contributed by atoms with Crippen molar-refractivity contribution in [3.8, 4) is 0 Å². The lowest BCUT2D eigenvalue weighted by Crippen LogP contribution is -2.52. The second-order valence-electron chi connectivity index (χ2n) is 6.42. The summed E-state index contributed by atoms with van der Waals surface area (Å²) >= 11 is 5.93. The van der Waals surface area contributed by atoms with Crippen LogP contribution in [0.3, 0.4) is 0 Å². The van der Waals surface area contributed by atoms with Gasteiger partial charge in [0.25, 0.3) is 5.91 Å². The Morgan fingerprint density at radius 3 is 2.24 bits per heavy atom. The average molecular weight is 451 g/mol. The second kappa shape index (κ2) is 8.31. The summed E-state index contributed by atoms with van der Waals surface area (Å²) in [6.45, 7) is 1.94. The van der Waals surface area contributed by atoms with Crippen LogP contribution >= 0.6 is 11.6 Å². The molecule has 29 heavy (non-hydrogen) atoms. The van der Waals surface area contributed by atoms with Crippen LogP contribution < -0.4 is 10.0 Å². The van der Waals surface area contributed by atoms with Crippen LogP contribution in [0.2, 0.25) is 5.02 Å². The Morgan fingerprint density at radius 2 is 1.72 bits per heavy atom. The van der Waals surface area contributed by atoms with E-state index in [0.717, 1.165) is 23.8 Å². The first-order chi connectivity index (χ1) is 13.3. The van der Waals surface area contributed by atoms with Crippen molar-refractivity contribution in [1.29, 1.82) is 0 Å². The summed E-state index contributed by atoms with van der Waals surface area (Å²) in [5.41, 5.74) is -3.20. The molecule has 2 rings (SSSR count). The second-order valence-corrected chi connectivity index (χ2v) is 8.54. The van der Waals surface area contributed by atoms with Gasteiger partial charge in [-0.1, -0.05) is 41.9 Å². The number of alkyl halides is 3. The molecule has 0 spiro atoms. The summed E-state index contributed by atoms with van der Waals surface area (Å²) in [6, 6.07) is 11.3. The van der Waals surface area contributed by atoms with E-state index < -0.39 is 33.7 Å². The zero-order valence-electron chi connectivity index (χ0n) is 15.3. The maximum absolute atomic E-state index is 12.7. The molecular formula is C18H18ClF3N2O4S. The lowest BCUT2D eigenvalue weighted by Gasteiger charge is -2.25. The molecular weight excluding hydrogens is 433 g/mol. The standard InChI is InChI=1S/C18H18ClF3N2O4S/c1-11(12-6-4-3-5-7-12)24-29(27,28)13-8-9-15(14(19)10-13)23-16(25)17(2,26)18(20,21)22/h3-11,24,26H,1-2H3,(H,23,25)/t11-,17-/m1/s1. The Bertz CT molecular complexity index is 996. The zero-order chi connectivity index (χ0) is 22.0. The number of aliphatic hydroxyl groups is 1. The summed E-state index contributed by atoms with van der Waals surface area (Å²) in [7, 11) is -4.00. The molecule has 6 nitrogen and oxygen atoms in total. The maximum atomic E-state index is 12.7. The molecule has 0 heterocycles. The minimum Gasteiger partial charge on any atom is -0.373 e. The fourth-order valence-electron chi connectivity index (χ4n) is 2.25. The van der Waals surface area contributed by atoms with Crippen LogP contribution in [0, 0.1) is 0 Å². The maximum Gasteiger partial charge on any atom is 0.426 e. The Kier molecular flexibility index (Phi) is 6.63. The predicted octanol–water partition coefficient (Wildman–Crippen LogP) is 3.63. The molecule has 11 heteroatoms. The van der Waals surface area contributed by atoms with E-state index in [2.05, 4.69) is 4.72 Å². The van der Waals surface area contributed by atoms with Crippen molar-refractivity contribution >= 4 is 33.2 Å². The van der Waals surface area contributed by atoms with Crippen LogP contribution in [0.4, 0.5) is 18.9 Å². The van der Waals surface area contributed by atoms with Crippen LogP contribution in [-0.4, -0.2) is 31.2 Å². The lowest BCUT2D eigenvalue weighted by atomic mass is 10.1. The number of halogens is 4. The summed E-state index contributed by atoms with van der Waals surface area (Å²) in [4.78, 5) is 11.5. The SMILES string of the molecule is C[C@@H](NS(=O)(=O)c1ccc(NC(=O)[C@@](C)(O)C(F)(F)F)c(Cl)c1)c1ccccc1. The highest BCUT2D eigenvalue weighted by Crippen LogP contribution is 2.32. The van der Waals surface area contributed by atoms with E-state index in [-0.39, 0.29) is 15.6 Å². The van der Waals surface area contributed by atoms with E-state index >= 15 is 0 Å². The van der Waals surface area contributed by atoms with E-state index in [0.29, 0.717) is 6.92 Å². The minimum absolute atomic E-state index is 0.245. The van der Waals surface area contributed by atoms with Crippen molar-refractivity contribution in [3.63, 3.8) is 0 Å². The van der Waals surface area contributed by atoms with Gasteiger partial charge in [-0.15, -0.1) is 0 Å². The first-order valence-electron chi connectivity index (χ1n) is 8.23. The van der Waals surface area contributed by atoms with Gasteiger partial charge in [0.05, 0.1) is 15.6 Å². The quantitative estimate of drug-likeness (QED) is 0.626. The van der Waals surface area contributed by atoms with Gasteiger partial charge in [0.1, 0.15) is 0 Å². The van der Waals surface area contributed by atoms with Gasteiger partial charge in [0, 0.05) is 6.04 Å². The molecule has 2 atom stereocenters. The van der Waals surface area contributed by atoms with Crippen molar-refractivity contribution in [3.05, 3.63) is 59.1 Å². The molecule has 2 aromatic carbocycles. The van der Waals surface area contributed by atoms with Crippen LogP contribution in [0.15, 0.2) is 53.4 Å². The molecule has 0 unspecified atom stereocenters. The van der Waals surface area contributed by atoms with E-state index in [1.807, 2.05) is 5.32 Å². The molecule has 1 amide bonds. The molecule has 0 aliphatic carbocycles. The number of carbonyl (C=O) groups is 1. The summed E-state index contributed by atoms with van der Waals surface area (Å²) in [5, 5.41) is 10.9. The van der Waals surface area contributed by atoms with Crippen molar-refractivity contribution in [2.75, 3.05) is 5.32 Å². The molecule has 158 valence electrons. The molecule has 0 aliphatic rings. The molecule has 0 aliphatic heterocycles. The fourth-order valence-corrected chi connectivity index (χ4v) is 3.80. The largest absolute Gasteiger partial charge is 0.426 e. The van der Waals surface area contributed by atoms with Gasteiger partial charge >= 0.3 is 6.18 Å². The first-order valence-corrected chi connectivity index (χ1v) is 10.1. The number of hydrogen-bond acceptors (Lipinski definition) is 4. The molecule has 0 radical (unpaired) electrons. The van der Waals surface area contributed by atoms with E-state index in [9.17, 15) is 31.5 Å². The minimum atomic E-state index is -5.20. The molecule has 0 fully saturated rings. The predicted molar refractivity (Wildman–Crippen MR) is 102 cm³/mol. The third-order valence-electron chi connectivity index (χ3n) is 4.12. The summed E-state index contributed by atoms with van der Waals surface area (Å²) in [5.74, 6) is -1.75. The highest BCUT2D eigenvalue weighted by atomic mass is 35.5. The van der Waals surface area contributed by atoms with Gasteiger partial charge in [-0.05, 0) is 37.6 Å². The molecule has 0 aromatic heterocycles. The van der Waals surface area contributed by atoms with Crippen molar-refractivity contribution < 1.29 is 31.5 Å². The van der Waals surface area contributed by atoms with Crippen molar-refractivity contribution in [2.45, 2.75) is 36.6 Å². The Hall–Kier alpha value is -2.14. The van der Waals surface area contributed by atoms with Crippen molar-refractivity contribution in [2.24, 2.45) is 0 Å². The van der Waals surface area contributed by atoms with Crippen LogP contribution in [-0.2, 0) is 14.8 Å². The number of amides is 1. The number of sulfonamides is 1. The van der Waals surface area contributed by atoms with Gasteiger partial charge < -0.3 is 10.4 Å². The zero-order valence-corrected chi connectivity index (χ0v) is 16.9. The molecule has 0 saturated carbocycles. The Labute approximate surface area is 170 Å². The van der Waals surface area contributed by atoms with Gasteiger partial charge in [0.2, 0.25) is 15.6 Å². The normalized spacial score (nSPS) is 15.4.